The van der Waals surface area contributed by atoms with E-state index in [9.17, 15) is 65.9 Å². The molecule has 0 amide bonds. The third-order valence-electron chi connectivity index (χ3n) is 2.91. The first-order valence-electron chi connectivity index (χ1n) is 5.90. The summed E-state index contributed by atoms with van der Waals surface area (Å²) in [6, 6.07) is 0. The second-order valence-electron chi connectivity index (χ2n) is 5.31. The van der Waals surface area contributed by atoms with Crippen LogP contribution >= 0.6 is 0 Å². The summed E-state index contributed by atoms with van der Waals surface area (Å²) in [7, 11) is 1.07. The topological polar surface area (TPSA) is 3.24 Å². The molecular formula is C10H8F15N. The molecule has 0 N–H and O–H groups in total. The molecule has 0 aliphatic carbocycles. The molecule has 0 aliphatic heterocycles. The van der Waals surface area contributed by atoms with Crippen molar-refractivity contribution in [2.24, 2.45) is 0 Å². The molecule has 1 nitrogen and oxygen atoms in total. The molecule has 0 atom stereocenters. The van der Waals surface area contributed by atoms with Crippen LogP contribution in [0.4, 0.5) is 65.9 Å². The zero-order valence-corrected chi connectivity index (χ0v) is 12.3. The fourth-order valence-electron chi connectivity index (χ4n) is 1.50. The first kappa shape index (κ1) is 24.9. The Bertz CT molecular complexity index is 503. The number of hydrogen-bond donors (Lipinski definition) is 0. The molecule has 0 aromatic rings. The van der Waals surface area contributed by atoms with Gasteiger partial charge in [0.2, 0.25) is 0 Å². The van der Waals surface area contributed by atoms with Gasteiger partial charge in [-0.15, -0.1) is 0 Å². The van der Waals surface area contributed by atoms with Crippen LogP contribution in [-0.4, -0.2) is 67.3 Å². The van der Waals surface area contributed by atoms with Crippen molar-refractivity contribution in [1.29, 1.82) is 0 Å². The van der Waals surface area contributed by atoms with E-state index in [1.54, 1.807) is 0 Å². The van der Waals surface area contributed by atoms with Crippen molar-refractivity contribution < 1.29 is 65.9 Å². The maximum absolute atomic E-state index is 13.2. The van der Waals surface area contributed by atoms with Crippen molar-refractivity contribution in [1.82, 2.24) is 4.90 Å². The lowest BCUT2D eigenvalue weighted by Gasteiger charge is -2.41. The first-order valence-corrected chi connectivity index (χ1v) is 5.90. The minimum absolute atomic E-state index is 0.0184. The van der Waals surface area contributed by atoms with Crippen LogP contribution in [0.2, 0.25) is 0 Å². The van der Waals surface area contributed by atoms with E-state index in [-0.39, 0.29) is 4.90 Å². The lowest BCUT2D eigenvalue weighted by Crippen LogP contribution is -2.73. The fraction of sp³-hybridized carbons (Fsp3) is 1.00. The molecule has 16 heteroatoms. The van der Waals surface area contributed by atoms with Crippen molar-refractivity contribution in [2.75, 3.05) is 20.6 Å². The van der Waals surface area contributed by atoms with Crippen molar-refractivity contribution in [3.63, 3.8) is 0 Å². The summed E-state index contributed by atoms with van der Waals surface area (Å²) >= 11 is 0. The number of rotatable bonds is 7. The highest BCUT2D eigenvalue weighted by Gasteiger charge is 2.93. The highest BCUT2D eigenvalue weighted by atomic mass is 19.4. The van der Waals surface area contributed by atoms with Gasteiger partial charge in [-0.2, -0.15) is 65.9 Å². The van der Waals surface area contributed by atoms with E-state index in [1.165, 1.54) is 0 Å². The molecular weight excluding hydrogens is 419 g/mol. The summed E-state index contributed by atoms with van der Waals surface area (Å²) < 4.78 is 191. The number of alkyl halides is 15. The van der Waals surface area contributed by atoms with Crippen LogP contribution in [0, 0.1) is 0 Å². The Morgan fingerprint density at radius 3 is 1.00 bits per heavy atom. The van der Waals surface area contributed by atoms with E-state index in [2.05, 4.69) is 0 Å². The largest absolute Gasteiger partial charge is 0.460 e. The fourth-order valence-corrected chi connectivity index (χ4v) is 1.50. The van der Waals surface area contributed by atoms with Gasteiger partial charge in [-0.05, 0) is 14.1 Å². The van der Waals surface area contributed by atoms with Crippen LogP contribution < -0.4 is 0 Å². The van der Waals surface area contributed by atoms with Gasteiger partial charge in [-0.25, -0.2) is 0 Å². The zero-order chi connectivity index (χ0) is 21.8. The maximum Gasteiger partial charge on any atom is 0.460 e. The smallest absolute Gasteiger partial charge is 0.303 e. The quantitative estimate of drug-likeness (QED) is 0.522. The monoisotopic (exact) mass is 427 g/mol. The summed E-state index contributed by atoms with van der Waals surface area (Å²) in [4.78, 5) is 0.0184. The van der Waals surface area contributed by atoms with Gasteiger partial charge in [0.15, 0.2) is 0 Å². The molecule has 0 aromatic carbocycles. The van der Waals surface area contributed by atoms with Crippen LogP contribution in [0.25, 0.3) is 0 Å². The molecule has 158 valence electrons. The Balaban J connectivity index is 6.42. The highest BCUT2D eigenvalue weighted by molar-refractivity contribution is 5.13. The van der Waals surface area contributed by atoms with Crippen molar-refractivity contribution in [3.05, 3.63) is 0 Å². The van der Waals surface area contributed by atoms with Crippen molar-refractivity contribution in [2.45, 2.75) is 41.7 Å². The average molecular weight is 427 g/mol. The molecule has 0 bridgehead atoms. The van der Waals surface area contributed by atoms with E-state index < -0.39 is 48.3 Å². The lowest BCUT2D eigenvalue weighted by atomic mass is 9.91. The Morgan fingerprint density at radius 1 is 0.462 bits per heavy atom. The van der Waals surface area contributed by atoms with Gasteiger partial charge in [-0.3, -0.25) is 0 Å². The van der Waals surface area contributed by atoms with Crippen LogP contribution in [0.15, 0.2) is 0 Å². The third-order valence-corrected chi connectivity index (χ3v) is 2.91. The summed E-state index contributed by atoms with van der Waals surface area (Å²) in [5.41, 5.74) is 0. The van der Waals surface area contributed by atoms with Gasteiger partial charge in [0.25, 0.3) is 0 Å². The third kappa shape index (κ3) is 3.28. The van der Waals surface area contributed by atoms with Crippen LogP contribution in [-0.2, 0) is 0 Å². The van der Waals surface area contributed by atoms with Gasteiger partial charge >= 0.3 is 41.7 Å². The van der Waals surface area contributed by atoms with Crippen molar-refractivity contribution in [3.8, 4) is 0 Å². The minimum atomic E-state index is -8.22. The van der Waals surface area contributed by atoms with E-state index in [4.69, 9.17) is 0 Å². The SMILES string of the molecule is CN(C)CC(F)(F)C(F)(F)C(F)(F)C(F)(F)C(F)(F)C(F)(F)C(F)(F)F. The predicted molar refractivity (Wildman–Crippen MR) is 54.3 cm³/mol. The lowest BCUT2D eigenvalue weighted by molar-refractivity contribution is -0.452. The normalized spacial score (nSPS) is 16.4. The zero-order valence-electron chi connectivity index (χ0n) is 12.3. The molecule has 0 radical (unpaired) electrons. The summed E-state index contributed by atoms with van der Waals surface area (Å²) in [5.74, 6) is -46.0. The highest BCUT2D eigenvalue weighted by Crippen LogP contribution is 2.62. The standard InChI is InChI=1S/C10H8F15N/c1-26(2)3-4(11,12)5(13,14)6(15,16)7(17,18)8(19,20)9(21,22)10(23,24)25/h3H2,1-2H3. The second kappa shape index (κ2) is 6.22. The molecule has 0 saturated carbocycles. The van der Waals surface area contributed by atoms with Crippen LogP contribution in [0.3, 0.4) is 0 Å². The van der Waals surface area contributed by atoms with Gasteiger partial charge in [0.05, 0.1) is 6.54 Å². The second-order valence-corrected chi connectivity index (χ2v) is 5.31. The molecule has 0 unspecified atom stereocenters. The van der Waals surface area contributed by atoms with E-state index in [1.807, 2.05) is 0 Å². The van der Waals surface area contributed by atoms with Gasteiger partial charge < -0.3 is 4.90 Å². The first-order chi connectivity index (χ1) is 10.9. The molecule has 0 fully saturated rings. The Kier molecular flexibility index (Phi) is 5.96. The Labute approximate surface area is 134 Å². The van der Waals surface area contributed by atoms with Crippen molar-refractivity contribution >= 4 is 0 Å². The summed E-state index contributed by atoms with van der Waals surface area (Å²) in [6.45, 7) is -2.45. The van der Waals surface area contributed by atoms with Gasteiger partial charge in [-0.1, -0.05) is 0 Å². The Hall–Kier alpha value is -1.09. The van der Waals surface area contributed by atoms with E-state index >= 15 is 0 Å². The molecule has 0 rings (SSSR count). The van der Waals surface area contributed by atoms with Crippen LogP contribution in [0.5, 0.6) is 0 Å². The Morgan fingerprint density at radius 2 is 0.731 bits per heavy atom. The molecule has 0 aromatic heterocycles. The predicted octanol–water partition coefficient (Wildman–Crippen LogP) is 4.92. The van der Waals surface area contributed by atoms with Crippen LogP contribution in [0.1, 0.15) is 0 Å². The van der Waals surface area contributed by atoms with Gasteiger partial charge in [0, 0.05) is 0 Å². The minimum Gasteiger partial charge on any atom is -0.303 e. The van der Waals surface area contributed by atoms with E-state index in [0.29, 0.717) is 14.1 Å². The molecule has 0 heterocycles. The maximum atomic E-state index is 13.2. The molecule has 0 saturated heterocycles. The molecule has 0 aliphatic rings. The number of nitrogens with zero attached hydrogens (tertiary/aromatic N) is 1. The summed E-state index contributed by atoms with van der Waals surface area (Å²) in [6.07, 6.45) is -7.59. The summed E-state index contributed by atoms with van der Waals surface area (Å²) in [5, 5.41) is 0. The molecule has 0 spiro atoms. The average Bonchev–Trinajstić information content (AvgIpc) is 2.34. The van der Waals surface area contributed by atoms with Gasteiger partial charge in [0.1, 0.15) is 0 Å². The number of hydrogen-bond acceptors (Lipinski definition) is 1. The molecule has 26 heavy (non-hydrogen) atoms. The number of halogens is 15. The van der Waals surface area contributed by atoms with E-state index in [0.717, 1.165) is 0 Å².